The van der Waals surface area contributed by atoms with Crippen molar-refractivity contribution in [2.24, 2.45) is 5.92 Å². The van der Waals surface area contributed by atoms with Crippen LogP contribution in [-0.2, 0) is 9.59 Å². The van der Waals surface area contributed by atoms with Gasteiger partial charge in [0.15, 0.2) is 0 Å². The maximum absolute atomic E-state index is 12.0. The van der Waals surface area contributed by atoms with E-state index in [1.54, 1.807) is 6.08 Å². The smallest absolute Gasteiger partial charge is 0.268 e. The van der Waals surface area contributed by atoms with Gasteiger partial charge in [-0.05, 0) is 17.6 Å². The lowest BCUT2D eigenvalue weighted by Crippen LogP contribution is -2.57. The van der Waals surface area contributed by atoms with Gasteiger partial charge in [-0.1, -0.05) is 50.6 Å². The number of carbonyl (C=O) groups excluding carboxylic acids is 2. The third-order valence-corrected chi connectivity index (χ3v) is 3.40. The second-order valence-electron chi connectivity index (χ2n) is 4.79. The van der Waals surface area contributed by atoms with E-state index < -0.39 is 6.04 Å². The van der Waals surface area contributed by atoms with E-state index in [-0.39, 0.29) is 17.7 Å². The first-order valence-electron chi connectivity index (χ1n) is 6.50. The number of benzene rings is 1. The number of amides is 2. The molecule has 4 heteroatoms. The molecule has 0 spiro atoms. The summed E-state index contributed by atoms with van der Waals surface area (Å²) in [6.45, 7) is 3.95. The van der Waals surface area contributed by atoms with Gasteiger partial charge in [-0.25, -0.2) is 0 Å². The van der Waals surface area contributed by atoms with Crippen molar-refractivity contribution in [3.63, 3.8) is 0 Å². The van der Waals surface area contributed by atoms with Crippen LogP contribution in [0.3, 0.4) is 0 Å². The van der Waals surface area contributed by atoms with Gasteiger partial charge in [0.2, 0.25) is 5.91 Å². The summed E-state index contributed by atoms with van der Waals surface area (Å²) in [4.78, 5) is 24.0. The zero-order valence-corrected chi connectivity index (χ0v) is 11.1. The van der Waals surface area contributed by atoms with Crippen molar-refractivity contribution < 1.29 is 9.59 Å². The Morgan fingerprint density at radius 3 is 2.58 bits per heavy atom. The summed E-state index contributed by atoms with van der Waals surface area (Å²) in [6.07, 6.45) is 2.52. The van der Waals surface area contributed by atoms with Crippen molar-refractivity contribution in [1.29, 1.82) is 0 Å². The van der Waals surface area contributed by atoms with Crippen molar-refractivity contribution in [3.8, 4) is 0 Å². The van der Waals surface area contributed by atoms with Crippen LogP contribution in [0.2, 0.25) is 0 Å². The first kappa shape index (κ1) is 13.3. The minimum atomic E-state index is -0.439. The topological polar surface area (TPSA) is 58.2 Å². The largest absolute Gasteiger partial charge is 0.339 e. The molecule has 0 aliphatic carbocycles. The Morgan fingerprint density at radius 1 is 1.26 bits per heavy atom. The third kappa shape index (κ3) is 3.02. The van der Waals surface area contributed by atoms with Gasteiger partial charge in [0.1, 0.15) is 11.7 Å². The quantitative estimate of drug-likeness (QED) is 0.811. The lowest BCUT2D eigenvalue weighted by atomic mass is 9.96. The molecule has 100 valence electrons. The van der Waals surface area contributed by atoms with Crippen LogP contribution in [0.4, 0.5) is 0 Å². The summed E-state index contributed by atoms with van der Waals surface area (Å²) in [6, 6.07) is 9.00. The lowest BCUT2D eigenvalue weighted by Gasteiger charge is -2.28. The molecule has 1 aromatic carbocycles. The van der Waals surface area contributed by atoms with E-state index in [9.17, 15) is 9.59 Å². The molecule has 0 saturated carbocycles. The second kappa shape index (κ2) is 5.69. The maximum Gasteiger partial charge on any atom is 0.268 e. The van der Waals surface area contributed by atoms with Crippen molar-refractivity contribution in [3.05, 3.63) is 41.6 Å². The van der Waals surface area contributed by atoms with E-state index in [0.29, 0.717) is 5.70 Å². The molecule has 1 aromatic rings. The number of piperazine rings is 1. The fraction of sp³-hybridized carbons (Fsp3) is 0.333. The van der Waals surface area contributed by atoms with Crippen LogP contribution >= 0.6 is 0 Å². The first-order valence-corrected chi connectivity index (χ1v) is 6.50. The van der Waals surface area contributed by atoms with Gasteiger partial charge in [-0.15, -0.1) is 0 Å². The number of rotatable bonds is 3. The van der Waals surface area contributed by atoms with Crippen molar-refractivity contribution in [1.82, 2.24) is 10.6 Å². The van der Waals surface area contributed by atoms with Gasteiger partial charge in [0, 0.05) is 0 Å². The monoisotopic (exact) mass is 258 g/mol. The molecule has 1 aliphatic heterocycles. The summed E-state index contributed by atoms with van der Waals surface area (Å²) in [7, 11) is 0. The Labute approximate surface area is 112 Å². The number of hydrogen-bond acceptors (Lipinski definition) is 2. The summed E-state index contributed by atoms with van der Waals surface area (Å²) >= 11 is 0. The molecule has 2 rings (SSSR count). The average Bonchev–Trinajstić information content (AvgIpc) is 2.43. The van der Waals surface area contributed by atoms with Gasteiger partial charge in [0.25, 0.3) is 5.91 Å². The second-order valence-corrected chi connectivity index (χ2v) is 4.79. The summed E-state index contributed by atoms with van der Waals surface area (Å²) in [5, 5.41) is 5.46. The molecule has 1 saturated heterocycles. The van der Waals surface area contributed by atoms with E-state index in [1.807, 2.05) is 44.2 Å². The molecule has 19 heavy (non-hydrogen) atoms. The molecular formula is C15H18N2O2. The van der Waals surface area contributed by atoms with Gasteiger partial charge < -0.3 is 10.6 Å². The van der Waals surface area contributed by atoms with Gasteiger partial charge in [0.05, 0.1) is 0 Å². The Hall–Kier alpha value is -2.10. The third-order valence-electron chi connectivity index (χ3n) is 3.40. The fourth-order valence-electron chi connectivity index (χ4n) is 2.01. The van der Waals surface area contributed by atoms with Crippen molar-refractivity contribution in [2.75, 3.05) is 0 Å². The molecule has 1 fully saturated rings. The molecule has 0 radical (unpaired) electrons. The standard InChI is InChI=1S/C15H18N2O2/c1-3-10(2)13-15(19)16-12(14(18)17-13)9-11-7-5-4-6-8-11/h4-10,13H,3H2,1-2H3,(H,16,19)(H,17,18)/b12-9+/t10-,13+/m1/s1. The van der Waals surface area contributed by atoms with Crippen LogP contribution in [0.1, 0.15) is 25.8 Å². The Kier molecular flexibility index (Phi) is 4.00. The molecule has 2 N–H and O–H groups in total. The number of hydrogen-bond donors (Lipinski definition) is 2. The molecular weight excluding hydrogens is 240 g/mol. The zero-order chi connectivity index (χ0) is 13.8. The summed E-state index contributed by atoms with van der Waals surface area (Å²) < 4.78 is 0. The maximum atomic E-state index is 12.0. The molecule has 1 aliphatic rings. The van der Waals surface area contributed by atoms with E-state index in [1.165, 1.54) is 0 Å². The molecule has 2 atom stereocenters. The molecule has 0 aromatic heterocycles. The minimum Gasteiger partial charge on any atom is -0.339 e. The predicted molar refractivity (Wildman–Crippen MR) is 73.9 cm³/mol. The van der Waals surface area contributed by atoms with Gasteiger partial charge >= 0.3 is 0 Å². The van der Waals surface area contributed by atoms with Crippen LogP contribution in [-0.4, -0.2) is 17.9 Å². The van der Waals surface area contributed by atoms with Crippen LogP contribution in [0, 0.1) is 5.92 Å². The Bertz CT molecular complexity index is 508. The first-order chi connectivity index (χ1) is 9.11. The lowest BCUT2D eigenvalue weighted by molar-refractivity contribution is -0.132. The number of nitrogens with one attached hydrogen (secondary N) is 2. The van der Waals surface area contributed by atoms with Crippen LogP contribution in [0.15, 0.2) is 36.0 Å². The van der Waals surface area contributed by atoms with Gasteiger partial charge in [-0.2, -0.15) is 0 Å². The molecule has 0 unspecified atom stereocenters. The summed E-state index contributed by atoms with van der Waals surface area (Å²) in [5.74, 6) is -0.243. The SMILES string of the molecule is CC[C@@H](C)[C@@H]1NC(=O)/C(=C\c2ccccc2)NC1=O. The zero-order valence-electron chi connectivity index (χ0n) is 11.1. The summed E-state index contributed by atoms with van der Waals surface area (Å²) in [5.41, 5.74) is 1.19. The van der Waals surface area contributed by atoms with E-state index in [2.05, 4.69) is 10.6 Å². The van der Waals surface area contributed by atoms with Crippen molar-refractivity contribution in [2.45, 2.75) is 26.3 Å². The highest BCUT2D eigenvalue weighted by Gasteiger charge is 2.32. The van der Waals surface area contributed by atoms with Crippen LogP contribution < -0.4 is 10.6 Å². The Morgan fingerprint density at radius 2 is 1.95 bits per heavy atom. The minimum absolute atomic E-state index is 0.127. The van der Waals surface area contributed by atoms with Gasteiger partial charge in [-0.3, -0.25) is 9.59 Å². The molecule has 1 heterocycles. The number of carbonyl (C=O) groups is 2. The fourth-order valence-corrected chi connectivity index (χ4v) is 2.01. The molecule has 0 bridgehead atoms. The van der Waals surface area contributed by atoms with E-state index >= 15 is 0 Å². The predicted octanol–water partition coefficient (Wildman–Crippen LogP) is 1.69. The highest BCUT2D eigenvalue weighted by molar-refractivity contribution is 6.07. The highest BCUT2D eigenvalue weighted by Crippen LogP contribution is 2.14. The average molecular weight is 258 g/mol. The van der Waals surface area contributed by atoms with Crippen molar-refractivity contribution >= 4 is 17.9 Å². The van der Waals surface area contributed by atoms with E-state index in [0.717, 1.165) is 12.0 Å². The van der Waals surface area contributed by atoms with Crippen LogP contribution in [0.25, 0.3) is 6.08 Å². The van der Waals surface area contributed by atoms with Crippen LogP contribution in [0.5, 0.6) is 0 Å². The highest BCUT2D eigenvalue weighted by atomic mass is 16.2. The normalized spacial score (nSPS) is 22.8. The molecule has 2 amide bonds. The Balaban J connectivity index is 2.17. The van der Waals surface area contributed by atoms with E-state index in [4.69, 9.17) is 0 Å². The molecule has 4 nitrogen and oxygen atoms in total.